The lowest BCUT2D eigenvalue weighted by atomic mass is 10.0. The SMILES string of the molecule is CCC(Cc1ccc2c(c1)OCO2)NC(F)CF. The van der Waals surface area contributed by atoms with Crippen molar-refractivity contribution in [2.75, 3.05) is 13.5 Å². The molecule has 1 N–H and O–H groups in total. The third kappa shape index (κ3) is 3.10. The summed E-state index contributed by atoms with van der Waals surface area (Å²) in [6.45, 7) is 1.18. The van der Waals surface area contributed by atoms with Crippen LogP contribution in [0.3, 0.4) is 0 Å². The van der Waals surface area contributed by atoms with Gasteiger partial charge in [-0.05, 0) is 30.5 Å². The molecule has 0 fully saturated rings. The molecule has 1 heterocycles. The molecule has 0 saturated heterocycles. The van der Waals surface area contributed by atoms with Crippen LogP contribution in [0.5, 0.6) is 11.5 Å². The van der Waals surface area contributed by atoms with E-state index in [1.54, 1.807) is 0 Å². The zero-order valence-electron chi connectivity index (χ0n) is 10.3. The topological polar surface area (TPSA) is 30.5 Å². The molecule has 18 heavy (non-hydrogen) atoms. The Hall–Kier alpha value is -1.36. The van der Waals surface area contributed by atoms with Crippen molar-refractivity contribution in [3.05, 3.63) is 23.8 Å². The number of hydrogen-bond acceptors (Lipinski definition) is 3. The minimum Gasteiger partial charge on any atom is -0.454 e. The Morgan fingerprint density at radius 1 is 1.33 bits per heavy atom. The Bertz CT molecular complexity index is 401. The van der Waals surface area contributed by atoms with Crippen LogP contribution in [0.2, 0.25) is 0 Å². The van der Waals surface area contributed by atoms with E-state index in [1.165, 1.54) is 0 Å². The number of benzene rings is 1. The first-order chi connectivity index (χ1) is 8.72. The molecule has 2 rings (SSSR count). The summed E-state index contributed by atoms with van der Waals surface area (Å²) in [5.41, 5.74) is 1.02. The van der Waals surface area contributed by atoms with Gasteiger partial charge in [-0.2, -0.15) is 0 Å². The number of ether oxygens (including phenoxy) is 2. The highest BCUT2D eigenvalue weighted by molar-refractivity contribution is 5.44. The lowest BCUT2D eigenvalue weighted by Gasteiger charge is -2.18. The van der Waals surface area contributed by atoms with E-state index in [9.17, 15) is 8.78 Å². The Labute approximate surface area is 105 Å². The van der Waals surface area contributed by atoms with E-state index in [2.05, 4.69) is 5.32 Å². The van der Waals surface area contributed by atoms with Crippen molar-refractivity contribution in [1.29, 1.82) is 0 Å². The van der Waals surface area contributed by atoms with Crippen molar-refractivity contribution < 1.29 is 18.3 Å². The summed E-state index contributed by atoms with van der Waals surface area (Å²) in [6.07, 6.45) is -0.230. The first kappa shape index (κ1) is 13.1. The van der Waals surface area contributed by atoms with Gasteiger partial charge in [-0.15, -0.1) is 0 Å². The average Bonchev–Trinajstić information content (AvgIpc) is 2.85. The minimum absolute atomic E-state index is 0.0869. The molecular weight excluding hydrogens is 240 g/mol. The van der Waals surface area contributed by atoms with Crippen molar-refractivity contribution in [2.45, 2.75) is 32.1 Å². The highest BCUT2D eigenvalue weighted by atomic mass is 19.2. The molecule has 0 aromatic heterocycles. The van der Waals surface area contributed by atoms with E-state index < -0.39 is 13.0 Å². The molecule has 0 spiro atoms. The highest BCUT2D eigenvalue weighted by Crippen LogP contribution is 2.32. The summed E-state index contributed by atoms with van der Waals surface area (Å²) >= 11 is 0. The molecule has 3 nitrogen and oxygen atoms in total. The van der Waals surface area contributed by atoms with E-state index in [0.717, 1.165) is 17.7 Å². The number of alkyl halides is 2. The van der Waals surface area contributed by atoms with Crippen molar-refractivity contribution in [3.8, 4) is 11.5 Å². The molecular formula is C13H17F2NO2. The number of halogens is 2. The van der Waals surface area contributed by atoms with Crippen LogP contribution in [-0.2, 0) is 6.42 Å². The van der Waals surface area contributed by atoms with E-state index in [1.807, 2.05) is 25.1 Å². The van der Waals surface area contributed by atoms with Gasteiger partial charge in [-0.3, -0.25) is 5.32 Å². The third-order valence-corrected chi connectivity index (χ3v) is 2.96. The summed E-state index contributed by atoms with van der Waals surface area (Å²) < 4.78 is 35.6. The van der Waals surface area contributed by atoms with Crippen molar-refractivity contribution >= 4 is 0 Å². The molecule has 1 aliphatic heterocycles. The Morgan fingerprint density at radius 3 is 2.83 bits per heavy atom. The molecule has 0 radical (unpaired) electrons. The van der Waals surface area contributed by atoms with Crippen LogP contribution in [0.4, 0.5) is 8.78 Å². The van der Waals surface area contributed by atoms with Crippen LogP contribution >= 0.6 is 0 Å². The molecule has 2 atom stereocenters. The first-order valence-corrected chi connectivity index (χ1v) is 6.07. The zero-order valence-corrected chi connectivity index (χ0v) is 10.3. The monoisotopic (exact) mass is 257 g/mol. The molecule has 1 aromatic carbocycles. The third-order valence-electron chi connectivity index (χ3n) is 2.96. The van der Waals surface area contributed by atoms with Crippen LogP contribution in [0.15, 0.2) is 18.2 Å². The second-order valence-corrected chi connectivity index (χ2v) is 4.29. The number of nitrogens with one attached hydrogen (secondary N) is 1. The van der Waals surface area contributed by atoms with E-state index in [4.69, 9.17) is 9.47 Å². The van der Waals surface area contributed by atoms with Gasteiger partial charge in [0.05, 0.1) is 0 Å². The van der Waals surface area contributed by atoms with Gasteiger partial charge in [0, 0.05) is 6.04 Å². The predicted molar refractivity (Wildman–Crippen MR) is 64.4 cm³/mol. The zero-order chi connectivity index (χ0) is 13.0. The Morgan fingerprint density at radius 2 is 2.11 bits per heavy atom. The summed E-state index contributed by atoms with van der Waals surface area (Å²) in [5.74, 6) is 1.44. The van der Waals surface area contributed by atoms with Gasteiger partial charge >= 0.3 is 0 Å². The largest absolute Gasteiger partial charge is 0.454 e. The van der Waals surface area contributed by atoms with Gasteiger partial charge in [0.25, 0.3) is 0 Å². The van der Waals surface area contributed by atoms with Gasteiger partial charge in [0.2, 0.25) is 6.79 Å². The van der Waals surface area contributed by atoms with E-state index in [0.29, 0.717) is 12.2 Å². The number of fused-ring (bicyclic) bond motifs is 1. The second-order valence-electron chi connectivity index (χ2n) is 4.29. The molecule has 0 aliphatic carbocycles. The normalized spacial score (nSPS) is 16.6. The maximum absolute atomic E-state index is 13.0. The smallest absolute Gasteiger partial charge is 0.231 e. The predicted octanol–water partition coefficient (Wildman–Crippen LogP) is 2.59. The van der Waals surface area contributed by atoms with E-state index in [-0.39, 0.29) is 12.8 Å². The van der Waals surface area contributed by atoms with Crippen LogP contribution in [0.25, 0.3) is 0 Å². The molecule has 5 heteroatoms. The fourth-order valence-corrected chi connectivity index (χ4v) is 1.97. The average molecular weight is 257 g/mol. The van der Waals surface area contributed by atoms with Gasteiger partial charge in [-0.25, -0.2) is 8.78 Å². The lowest BCUT2D eigenvalue weighted by molar-refractivity contribution is 0.174. The molecule has 1 aliphatic rings. The van der Waals surface area contributed by atoms with Crippen molar-refractivity contribution in [3.63, 3.8) is 0 Å². The van der Waals surface area contributed by atoms with Crippen LogP contribution in [0, 0.1) is 0 Å². The van der Waals surface area contributed by atoms with Gasteiger partial charge in [0.1, 0.15) is 6.67 Å². The number of hydrogen-bond donors (Lipinski definition) is 1. The van der Waals surface area contributed by atoms with Gasteiger partial charge in [-0.1, -0.05) is 13.0 Å². The maximum atomic E-state index is 13.0. The molecule has 1 aromatic rings. The second kappa shape index (κ2) is 6.00. The van der Waals surface area contributed by atoms with Crippen LogP contribution in [-0.4, -0.2) is 25.8 Å². The first-order valence-electron chi connectivity index (χ1n) is 6.07. The van der Waals surface area contributed by atoms with Crippen LogP contribution in [0.1, 0.15) is 18.9 Å². The Balaban J connectivity index is 1.98. The van der Waals surface area contributed by atoms with Crippen molar-refractivity contribution in [1.82, 2.24) is 5.32 Å². The van der Waals surface area contributed by atoms with E-state index >= 15 is 0 Å². The molecule has 2 unspecified atom stereocenters. The molecule has 0 bridgehead atoms. The summed E-state index contributed by atoms with van der Waals surface area (Å²) in [4.78, 5) is 0. The van der Waals surface area contributed by atoms with Gasteiger partial charge in [0.15, 0.2) is 17.8 Å². The lowest BCUT2D eigenvalue weighted by Crippen LogP contribution is -2.37. The van der Waals surface area contributed by atoms with Gasteiger partial charge < -0.3 is 9.47 Å². The summed E-state index contributed by atoms with van der Waals surface area (Å²) in [5, 5.41) is 2.62. The number of rotatable bonds is 6. The molecule has 100 valence electrons. The fourth-order valence-electron chi connectivity index (χ4n) is 1.97. The Kier molecular flexibility index (Phi) is 4.36. The molecule has 0 saturated carbocycles. The minimum atomic E-state index is -1.59. The summed E-state index contributed by atoms with van der Waals surface area (Å²) in [7, 11) is 0. The highest BCUT2D eigenvalue weighted by Gasteiger charge is 2.17. The maximum Gasteiger partial charge on any atom is 0.231 e. The standard InChI is InChI=1S/C13H17F2NO2/c1-2-10(16-13(15)7-14)5-9-3-4-11-12(6-9)18-8-17-11/h3-4,6,10,13,16H,2,5,7-8H2,1H3. The molecule has 0 amide bonds. The summed E-state index contributed by atoms with van der Waals surface area (Å²) in [6, 6.07) is 5.55. The quantitative estimate of drug-likeness (QED) is 0.795. The van der Waals surface area contributed by atoms with Crippen LogP contribution < -0.4 is 14.8 Å². The fraction of sp³-hybridized carbons (Fsp3) is 0.538. The van der Waals surface area contributed by atoms with Crippen molar-refractivity contribution in [2.24, 2.45) is 0 Å².